The van der Waals surface area contributed by atoms with Crippen LogP contribution >= 0.6 is 11.3 Å². The molecule has 2 heterocycles. The first-order chi connectivity index (χ1) is 15.6. The molecule has 1 fully saturated rings. The molecule has 168 valence electrons. The van der Waals surface area contributed by atoms with Crippen LogP contribution in [-0.2, 0) is 16.6 Å². The van der Waals surface area contributed by atoms with E-state index in [1.165, 1.54) is 11.3 Å². The molecule has 8 nitrogen and oxygen atoms in total. The van der Waals surface area contributed by atoms with Gasteiger partial charge in [-0.25, -0.2) is 0 Å². The summed E-state index contributed by atoms with van der Waals surface area (Å²) >= 11 is 1.46. The number of aromatic nitrogens is 1. The van der Waals surface area contributed by atoms with Crippen LogP contribution < -0.4 is 14.3 Å². The number of carbonyl (C=O) groups is 2. The lowest BCUT2D eigenvalue weighted by Crippen LogP contribution is -2.43. The van der Waals surface area contributed by atoms with Gasteiger partial charge in [0.2, 0.25) is 0 Å². The van der Waals surface area contributed by atoms with E-state index in [0.717, 1.165) is 10.2 Å². The number of hydrogen-bond donors (Lipinski definition) is 0. The molecule has 0 aliphatic carbocycles. The van der Waals surface area contributed by atoms with Gasteiger partial charge in [0.15, 0.2) is 22.9 Å². The molecule has 32 heavy (non-hydrogen) atoms. The van der Waals surface area contributed by atoms with Crippen molar-refractivity contribution >= 4 is 33.4 Å². The number of aryl methyl sites for hydroxylation is 1. The zero-order valence-electron chi connectivity index (χ0n) is 18.1. The number of nitrogens with zero attached hydrogens (tertiary/aromatic N) is 3. The first-order valence-electron chi connectivity index (χ1n) is 10.5. The Morgan fingerprint density at radius 2 is 1.88 bits per heavy atom. The van der Waals surface area contributed by atoms with Crippen LogP contribution in [0.25, 0.3) is 10.2 Å². The summed E-state index contributed by atoms with van der Waals surface area (Å²) in [7, 11) is 1.89. The second-order valence-corrected chi connectivity index (χ2v) is 8.21. The van der Waals surface area contributed by atoms with Crippen LogP contribution in [0.1, 0.15) is 17.3 Å². The third-order valence-electron chi connectivity index (χ3n) is 5.12. The average molecular weight is 456 g/mol. The van der Waals surface area contributed by atoms with E-state index in [1.807, 2.05) is 42.8 Å². The highest BCUT2D eigenvalue weighted by Crippen LogP contribution is 2.29. The molecule has 1 saturated heterocycles. The summed E-state index contributed by atoms with van der Waals surface area (Å²) in [5.41, 5.74) is 1.41. The molecule has 2 aromatic carbocycles. The van der Waals surface area contributed by atoms with Gasteiger partial charge in [-0.2, -0.15) is 4.99 Å². The lowest BCUT2D eigenvalue weighted by molar-refractivity contribution is -0.137. The van der Waals surface area contributed by atoms with Crippen LogP contribution in [0.15, 0.2) is 47.5 Å². The second-order valence-electron chi connectivity index (χ2n) is 7.20. The van der Waals surface area contributed by atoms with E-state index in [9.17, 15) is 9.59 Å². The van der Waals surface area contributed by atoms with Gasteiger partial charge in [0.1, 0.15) is 0 Å². The normalized spacial score (nSPS) is 14.6. The molecule has 9 heteroatoms. The first kappa shape index (κ1) is 22.0. The van der Waals surface area contributed by atoms with Gasteiger partial charge in [0, 0.05) is 25.7 Å². The van der Waals surface area contributed by atoms with Crippen molar-refractivity contribution in [1.29, 1.82) is 0 Å². The number of thiazole rings is 1. The fourth-order valence-corrected chi connectivity index (χ4v) is 4.43. The number of fused-ring (bicyclic) bond motifs is 1. The van der Waals surface area contributed by atoms with E-state index in [2.05, 4.69) is 4.99 Å². The van der Waals surface area contributed by atoms with Gasteiger partial charge < -0.3 is 23.7 Å². The fraction of sp³-hybridized carbons (Fsp3) is 0.348. The highest BCUT2D eigenvalue weighted by molar-refractivity contribution is 7.16. The van der Waals surface area contributed by atoms with E-state index in [0.29, 0.717) is 54.8 Å². The van der Waals surface area contributed by atoms with Gasteiger partial charge in [-0.3, -0.25) is 9.59 Å². The molecule has 3 aromatic rings. The van der Waals surface area contributed by atoms with Crippen molar-refractivity contribution in [1.82, 2.24) is 9.47 Å². The summed E-state index contributed by atoms with van der Waals surface area (Å²) in [5.74, 6) is 0.341. The average Bonchev–Trinajstić information content (AvgIpc) is 3.14. The quantitative estimate of drug-likeness (QED) is 0.571. The number of amides is 2. The van der Waals surface area contributed by atoms with Gasteiger partial charge in [-0.1, -0.05) is 23.5 Å². The Balaban J connectivity index is 1.53. The Labute approximate surface area is 189 Å². The van der Waals surface area contributed by atoms with Crippen molar-refractivity contribution in [2.45, 2.75) is 6.92 Å². The molecular weight excluding hydrogens is 430 g/mol. The molecule has 1 aliphatic rings. The maximum atomic E-state index is 12.8. The third-order valence-corrected chi connectivity index (χ3v) is 6.23. The van der Waals surface area contributed by atoms with Gasteiger partial charge in [-0.15, -0.1) is 0 Å². The summed E-state index contributed by atoms with van der Waals surface area (Å²) in [6.07, 6.45) is 0. The predicted molar refractivity (Wildman–Crippen MR) is 121 cm³/mol. The topological polar surface area (TPSA) is 82.4 Å². The van der Waals surface area contributed by atoms with Crippen LogP contribution in [0.5, 0.6) is 11.5 Å². The minimum absolute atomic E-state index is 0.102. The molecule has 0 radical (unpaired) electrons. The van der Waals surface area contributed by atoms with Gasteiger partial charge in [0.05, 0.1) is 30.0 Å². The lowest BCUT2D eigenvalue weighted by atomic mass is 10.2. The van der Waals surface area contributed by atoms with Crippen LogP contribution in [-0.4, -0.2) is 60.8 Å². The Morgan fingerprint density at radius 3 is 2.62 bits per heavy atom. The van der Waals surface area contributed by atoms with Crippen LogP contribution in [0.4, 0.5) is 0 Å². The molecule has 0 unspecified atom stereocenters. The second kappa shape index (κ2) is 9.97. The van der Waals surface area contributed by atoms with E-state index in [4.69, 9.17) is 14.2 Å². The largest absolute Gasteiger partial charge is 0.490 e. The summed E-state index contributed by atoms with van der Waals surface area (Å²) in [4.78, 5) is 31.8. The Morgan fingerprint density at radius 1 is 1.09 bits per heavy atom. The van der Waals surface area contributed by atoms with Crippen molar-refractivity contribution in [2.24, 2.45) is 12.0 Å². The van der Waals surface area contributed by atoms with Crippen LogP contribution in [0.3, 0.4) is 0 Å². The SMILES string of the molecule is CCOc1cc(C(=O)N=c2sc3ccccc3n2C)ccc1OCC(=O)N1CCOCC1. The standard InChI is InChI=1S/C23H25N3O5S/c1-3-30-19-14-16(8-9-18(19)31-15-21(27)26-10-12-29-13-11-26)22(28)24-23-25(2)17-6-4-5-7-20(17)32-23/h4-9,14H,3,10-13,15H2,1-2H3. The zero-order valence-corrected chi connectivity index (χ0v) is 18.9. The molecule has 0 N–H and O–H groups in total. The number of hydrogen-bond acceptors (Lipinski definition) is 6. The number of rotatable bonds is 6. The number of carbonyl (C=O) groups excluding carboxylic acids is 2. The summed E-state index contributed by atoms with van der Waals surface area (Å²) in [5, 5.41) is 0. The molecule has 4 rings (SSSR count). The highest BCUT2D eigenvalue weighted by Gasteiger charge is 2.19. The molecule has 0 spiro atoms. The molecule has 1 aromatic heterocycles. The number of benzene rings is 2. The van der Waals surface area contributed by atoms with Crippen LogP contribution in [0.2, 0.25) is 0 Å². The maximum absolute atomic E-state index is 12.8. The molecule has 0 atom stereocenters. The minimum Gasteiger partial charge on any atom is -0.490 e. The Kier molecular flexibility index (Phi) is 6.87. The predicted octanol–water partition coefficient (Wildman–Crippen LogP) is 2.62. The third kappa shape index (κ3) is 4.84. The van der Waals surface area contributed by atoms with E-state index in [-0.39, 0.29) is 18.4 Å². The number of ether oxygens (including phenoxy) is 3. The van der Waals surface area contributed by atoms with Crippen molar-refractivity contribution in [3.05, 3.63) is 52.8 Å². The van der Waals surface area contributed by atoms with Crippen molar-refractivity contribution < 1.29 is 23.8 Å². The Bertz CT molecular complexity index is 1190. The molecular formula is C23H25N3O5S. The van der Waals surface area contributed by atoms with Crippen molar-refractivity contribution in [3.63, 3.8) is 0 Å². The fourth-order valence-electron chi connectivity index (χ4n) is 3.41. The van der Waals surface area contributed by atoms with Crippen molar-refractivity contribution in [3.8, 4) is 11.5 Å². The van der Waals surface area contributed by atoms with Gasteiger partial charge in [-0.05, 0) is 37.3 Å². The van der Waals surface area contributed by atoms with Gasteiger partial charge >= 0.3 is 0 Å². The van der Waals surface area contributed by atoms with Crippen LogP contribution in [0, 0.1) is 0 Å². The van der Waals surface area contributed by atoms with E-state index < -0.39 is 0 Å². The summed E-state index contributed by atoms with van der Waals surface area (Å²) < 4.78 is 19.6. The molecule has 1 aliphatic heterocycles. The monoisotopic (exact) mass is 455 g/mol. The van der Waals surface area contributed by atoms with Crippen molar-refractivity contribution in [2.75, 3.05) is 39.5 Å². The first-order valence-corrected chi connectivity index (χ1v) is 11.3. The minimum atomic E-state index is -0.371. The molecule has 0 bridgehead atoms. The smallest absolute Gasteiger partial charge is 0.279 e. The van der Waals surface area contributed by atoms with Gasteiger partial charge in [0.25, 0.3) is 11.8 Å². The lowest BCUT2D eigenvalue weighted by Gasteiger charge is -2.26. The molecule has 2 amide bonds. The van der Waals surface area contributed by atoms with E-state index in [1.54, 1.807) is 23.1 Å². The summed E-state index contributed by atoms with van der Waals surface area (Å²) in [6.45, 7) is 4.33. The Hall–Kier alpha value is -3.17. The zero-order chi connectivity index (χ0) is 22.5. The number of morpholine rings is 1. The van der Waals surface area contributed by atoms with E-state index >= 15 is 0 Å². The summed E-state index contributed by atoms with van der Waals surface area (Å²) in [6, 6.07) is 12.8. The highest BCUT2D eigenvalue weighted by atomic mass is 32.1. The number of para-hydroxylation sites is 1. The molecule has 0 saturated carbocycles. The maximum Gasteiger partial charge on any atom is 0.279 e.